The molecule has 0 spiro atoms. The van der Waals surface area contributed by atoms with E-state index in [2.05, 4.69) is 5.32 Å². The number of halogens is 2. The molecule has 0 bridgehead atoms. The highest BCUT2D eigenvalue weighted by molar-refractivity contribution is 7.92. The van der Waals surface area contributed by atoms with Gasteiger partial charge in [-0.2, -0.15) is 0 Å². The Labute approximate surface area is 164 Å². The number of sulfonamides is 1. The van der Waals surface area contributed by atoms with Gasteiger partial charge in [-0.05, 0) is 37.6 Å². The summed E-state index contributed by atoms with van der Waals surface area (Å²) in [6.07, 6.45) is 1.03. The smallest absolute Gasteiger partial charge is 0.244 e. The number of nitrogens with one attached hydrogen (secondary N) is 1. The molecule has 2 aromatic rings. The van der Waals surface area contributed by atoms with Gasteiger partial charge in [0.15, 0.2) is 0 Å². The molecule has 0 saturated heterocycles. The fourth-order valence-corrected chi connectivity index (χ4v) is 4.31. The van der Waals surface area contributed by atoms with Gasteiger partial charge in [-0.1, -0.05) is 53.5 Å². The number of amides is 1. The lowest BCUT2D eigenvalue weighted by atomic mass is 10.1. The van der Waals surface area contributed by atoms with E-state index in [1.807, 2.05) is 37.3 Å². The molecule has 5 nitrogen and oxygen atoms in total. The van der Waals surface area contributed by atoms with E-state index in [4.69, 9.17) is 23.2 Å². The van der Waals surface area contributed by atoms with Gasteiger partial charge >= 0.3 is 0 Å². The summed E-state index contributed by atoms with van der Waals surface area (Å²) in [4.78, 5) is 12.7. The molecule has 2 aromatic carbocycles. The summed E-state index contributed by atoms with van der Waals surface area (Å²) in [6.45, 7) is 3.35. The molecule has 0 heterocycles. The highest BCUT2D eigenvalue weighted by atomic mass is 35.5. The minimum absolute atomic E-state index is 0.236. The summed E-state index contributed by atoms with van der Waals surface area (Å²) < 4.78 is 25.6. The first-order valence-corrected chi connectivity index (χ1v) is 10.5. The van der Waals surface area contributed by atoms with E-state index in [9.17, 15) is 13.2 Å². The van der Waals surface area contributed by atoms with Crippen LogP contribution in [-0.4, -0.2) is 26.6 Å². The Bertz CT molecular complexity index is 868. The van der Waals surface area contributed by atoms with E-state index >= 15 is 0 Å². The highest BCUT2D eigenvalue weighted by Gasteiger charge is 2.30. The molecule has 0 aromatic heterocycles. The summed E-state index contributed by atoms with van der Waals surface area (Å²) in [5, 5.41) is 3.40. The van der Waals surface area contributed by atoms with E-state index < -0.39 is 22.0 Å². The lowest BCUT2D eigenvalue weighted by molar-refractivity contribution is -0.122. The van der Waals surface area contributed by atoms with Crippen LogP contribution in [0.3, 0.4) is 0 Å². The van der Waals surface area contributed by atoms with Crippen molar-refractivity contribution in [2.24, 2.45) is 0 Å². The van der Waals surface area contributed by atoms with Crippen LogP contribution in [0.2, 0.25) is 10.0 Å². The Morgan fingerprint density at radius 1 is 1.04 bits per heavy atom. The molecule has 0 aliphatic rings. The van der Waals surface area contributed by atoms with Gasteiger partial charge in [-0.25, -0.2) is 8.42 Å². The van der Waals surface area contributed by atoms with Crippen molar-refractivity contribution in [2.45, 2.75) is 25.9 Å². The molecule has 0 radical (unpaired) electrons. The molecule has 0 aliphatic heterocycles. The molecule has 26 heavy (non-hydrogen) atoms. The van der Waals surface area contributed by atoms with Gasteiger partial charge < -0.3 is 5.32 Å². The number of anilines is 1. The first-order valence-electron chi connectivity index (χ1n) is 7.90. The SMILES string of the molecule is C[C@@H](NC(=O)[C@H](C)N(c1cc(Cl)cc(Cl)c1)S(C)(=O)=O)c1ccccc1. The second kappa shape index (κ2) is 8.29. The van der Waals surface area contributed by atoms with E-state index in [0.29, 0.717) is 0 Å². The zero-order valence-electron chi connectivity index (χ0n) is 14.6. The van der Waals surface area contributed by atoms with Crippen molar-refractivity contribution >= 4 is 44.8 Å². The van der Waals surface area contributed by atoms with Crippen LogP contribution >= 0.6 is 23.2 Å². The largest absolute Gasteiger partial charge is 0.348 e. The molecule has 0 unspecified atom stereocenters. The van der Waals surface area contributed by atoms with Crippen molar-refractivity contribution in [3.63, 3.8) is 0 Å². The van der Waals surface area contributed by atoms with Gasteiger partial charge in [0.05, 0.1) is 18.0 Å². The van der Waals surface area contributed by atoms with Gasteiger partial charge in [0.1, 0.15) is 6.04 Å². The molecular weight excluding hydrogens is 395 g/mol. The lowest BCUT2D eigenvalue weighted by Crippen LogP contribution is -2.48. The van der Waals surface area contributed by atoms with Gasteiger partial charge in [-0.15, -0.1) is 0 Å². The maximum Gasteiger partial charge on any atom is 0.244 e. The van der Waals surface area contributed by atoms with Crippen molar-refractivity contribution in [3.8, 4) is 0 Å². The molecular formula is C18H20Cl2N2O3S. The Morgan fingerprint density at radius 2 is 1.58 bits per heavy atom. The summed E-state index contributed by atoms with van der Waals surface area (Å²) in [6, 6.07) is 12.6. The molecule has 0 saturated carbocycles. The Hall–Kier alpha value is -1.76. The number of hydrogen-bond donors (Lipinski definition) is 1. The average molecular weight is 415 g/mol. The predicted octanol–water partition coefficient (Wildman–Crippen LogP) is 4.03. The lowest BCUT2D eigenvalue weighted by Gasteiger charge is -2.29. The van der Waals surface area contributed by atoms with Crippen molar-refractivity contribution in [3.05, 3.63) is 64.1 Å². The van der Waals surface area contributed by atoms with E-state index in [1.54, 1.807) is 0 Å². The van der Waals surface area contributed by atoms with Crippen LogP contribution in [0.1, 0.15) is 25.5 Å². The first-order chi connectivity index (χ1) is 12.1. The van der Waals surface area contributed by atoms with Crippen LogP contribution in [0.15, 0.2) is 48.5 Å². The Morgan fingerprint density at radius 3 is 2.08 bits per heavy atom. The fourth-order valence-electron chi connectivity index (χ4n) is 2.63. The summed E-state index contributed by atoms with van der Waals surface area (Å²) >= 11 is 12.0. The highest BCUT2D eigenvalue weighted by Crippen LogP contribution is 2.28. The predicted molar refractivity (Wildman–Crippen MR) is 106 cm³/mol. The second-order valence-corrected chi connectivity index (χ2v) is 8.74. The fraction of sp³-hybridized carbons (Fsp3) is 0.278. The Kier molecular flexibility index (Phi) is 6.55. The average Bonchev–Trinajstić information content (AvgIpc) is 2.53. The van der Waals surface area contributed by atoms with Crippen molar-refractivity contribution in [1.29, 1.82) is 0 Å². The third-order valence-electron chi connectivity index (χ3n) is 3.85. The first kappa shape index (κ1) is 20.6. The molecule has 140 valence electrons. The molecule has 0 fully saturated rings. The maximum atomic E-state index is 12.7. The normalized spacial score (nSPS) is 13.7. The van der Waals surface area contributed by atoms with Gasteiger partial charge in [0.25, 0.3) is 0 Å². The third kappa shape index (κ3) is 5.13. The number of nitrogens with zero attached hydrogens (tertiary/aromatic N) is 1. The zero-order valence-corrected chi connectivity index (χ0v) is 16.9. The quantitative estimate of drug-likeness (QED) is 0.775. The number of hydrogen-bond acceptors (Lipinski definition) is 3. The standard InChI is InChI=1S/C18H20Cl2N2O3S/c1-12(14-7-5-4-6-8-14)21-18(23)13(2)22(26(3,24)25)17-10-15(19)9-16(20)11-17/h4-13H,1-3H3,(H,21,23)/t12-,13+/m1/s1. The minimum atomic E-state index is -3.74. The maximum absolute atomic E-state index is 12.7. The molecule has 8 heteroatoms. The van der Waals surface area contributed by atoms with Crippen molar-refractivity contribution in [1.82, 2.24) is 5.32 Å². The van der Waals surface area contributed by atoms with Crippen LogP contribution < -0.4 is 9.62 Å². The van der Waals surface area contributed by atoms with E-state index in [1.165, 1.54) is 25.1 Å². The molecule has 0 aliphatic carbocycles. The van der Waals surface area contributed by atoms with Crippen molar-refractivity contribution < 1.29 is 13.2 Å². The van der Waals surface area contributed by atoms with Gasteiger partial charge in [0.2, 0.25) is 15.9 Å². The summed E-state index contributed by atoms with van der Waals surface area (Å²) in [5.41, 5.74) is 1.16. The minimum Gasteiger partial charge on any atom is -0.348 e. The molecule has 1 amide bonds. The summed E-state index contributed by atoms with van der Waals surface area (Å²) in [5.74, 6) is -0.428. The summed E-state index contributed by atoms with van der Waals surface area (Å²) in [7, 11) is -3.74. The number of rotatable bonds is 6. The van der Waals surface area contributed by atoms with Crippen LogP contribution in [-0.2, 0) is 14.8 Å². The second-order valence-electron chi connectivity index (χ2n) is 6.00. The van der Waals surface area contributed by atoms with Gasteiger partial charge in [0, 0.05) is 10.0 Å². The number of carbonyl (C=O) groups excluding carboxylic acids is 1. The Balaban J connectivity index is 2.29. The monoisotopic (exact) mass is 414 g/mol. The van der Waals surface area contributed by atoms with Crippen LogP contribution in [0, 0.1) is 0 Å². The number of carbonyl (C=O) groups is 1. The molecule has 2 atom stereocenters. The van der Waals surface area contributed by atoms with Gasteiger partial charge in [-0.3, -0.25) is 9.10 Å². The number of benzene rings is 2. The van der Waals surface area contributed by atoms with E-state index in [-0.39, 0.29) is 21.8 Å². The van der Waals surface area contributed by atoms with Crippen LogP contribution in [0.5, 0.6) is 0 Å². The van der Waals surface area contributed by atoms with Crippen LogP contribution in [0.25, 0.3) is 0 Å². The van der Waals surface area contributed by atoms with Crippen molar-refractivity contribution in [2.75, 3.05) is 10.6 Å². The molecule has 2 rings (SSSR count). The third-order valence-corrected chi connectivity index (χ3v) is 5.53. The van der Waals surface area contributed by atoms with E-state index in [0.717, 1.165) is 16.1 Å². The topological polar surface area (TPSA) is 66.5 Å². The molecule has 1 N–H and O–H groups in total. The van der Waals surface area contributed by atoms with Crippen LogP contribution in [0.4, 0.5) is 5.69 Å². The zero-order chi connectivity index (χ0) is 19.5.